The molecule has 1 N–H and O–H groups in total. The van der Waals surface area contributed by atoms with Gasteiger partial charge in [0, 0.05) is 19.3 Å². The molecule has 1 aromatic carbocycles. The van der Waals surface area contributed by atoms with Crippen LogP contribution < -0.4 is 5.32 Å². The van der Waals surface area contributed by atoms with Crippen LogP contribution in [0.15, 0.2) is 24.3 Å². The Hall–Kier alpha value is -1.86. The highest BCUT2D eigenvalue weighted by atomic mass is 16.5. The summed E-state index contributed by atoms with van der Waals surface area (Å²) in [5, 5.41) is 11.8. The standard InChI is InChI=1S/C16H20N2O2/c1-12(15-6-8-20-9-7-15)18-16(19)10-13-2-4-14(11-17)5-3-13/h2-5,12,15H,6-10H2,1H3,(H,18,19). The number of rotatable bonds is 4. The van der Waals surface area contributed by atoms with E-state index >= 15 is 0 Å². The van der Waals surface area contributed by atoms with Crippen LogP contribution in [0.4, 0.5) is 0 Å². The van der Waals surface area contributed by atoms with Crippen molar-refractivity contribution in [1.29, 1.82) is 5.26 Å². The molecule has 1 fully saturated rings. The van der Waals surface area contributed by atoms with Gasteiger partial charge in [-0.1, -0.05) is 12.1 Å². The fraction of sp³-hybridized carbons (Fsp3) is 0.500. The third-order valence-corrected chi connectivity index (χ3v) is 3.81. The molecule has 1 unspecified atom stereocenters. The predicted molar refractivity (Wildman–Crippen MR) is 76.0 cm³/mol. The molecule has 0 aliphatic carbocycles. The summed E-state index contributed by atoms with van der Waals surface area (Å²) in [6.45, 7) is 3.65. The molecule has 1 aliphatic rings. The first-order valence-corrected chi connectivity index (χ1v) is 7.05. The predicted octanol–water partition coefficient (Wildman–Crippen LogP) is 2.03. The average molecular weight is 272 g/mol. The lowest BCUT2D eigenvalue weighted by Crippen LogP contribution is -2.40. The van der Waals surface area contributed by atoms with Crippen LogP contribution in [0.25, 0.3) is 0 Å². The summed E-state index contributed by atoms with van der Waals surface area (Å²) in [5.41, 5.74) is 1.55. The summed E-state index contributed by atoms with van der Waals surface area (Å²) in [6.07, 6.45) is 2.38. The number of hydrogen-bond donors (Lipinski definition) is 1. The van der Waals surface area contributed by atoms with Gasteiger partial charge >= 0.3 is 0 Å². The van der Waals surface area contributed by atoms with Crippen molar-refractivity contribution in [3.05, 3.63) is 35.4 Å². The fourth-order valence-electron chi connectivity index (χ4n) is 2.52. The molecule has 1 aliphatic heterocycles. The Morgan fingerprint density at radius 2 is 2.05 bits per heavy atom. The molecule has 0 aromatic heterocycles. The van der Waals surface area contributed by atoms with E-state index in [1.807, 2.05) is 12.1 Å². The van der Waals surface area contributed by atoms with Crippen molar-refractivity contribution in [1.82, 2.24) is 5.32 Å². The molecular formula is C16H20N2O2. The number of benzene rings is 1. The van der Waals surface area contributed by atoms with Gasteiger partial charge in [0.15, 0.2) is 0 Å². The van der Waals surface area contributed by atoms with Crippen LogP contribution in [0.5, 0.6) is 0 Å². The van der Waals surface area contributed by atoms with Gasteiger partial charge < -0.3 is 10.1 Å². The van der Waals surface area contributed by atoms with Crippen molar-refractivity contribution in [3.8, 4) is 6.07 Å². The molecule has 1 atom stereocenters. The normalized spacial score (nSPS) is 17.2. The third-order valence-electron chi connectivity index (χ3n) is 3.81. The SMILES string of the molecule is CC(NC(=O)Cc1ccc(C#N)cc1)C1CCOCC1. The van der Waals surface area contributed by atoms with Gasteiger partial charge in [-0.25, -0.2) is 0 Å². The first-order chi connectivity index (χ1) is 9.69. The second kappa shape index (κ2) is 7.06. The molecule has 4 heteroatoms. The smallest absolute Gasteiger partial charge is 0.224 e. The van der Waals surface area contributed by atoms with Crippen LogP contribution in [-0.2, 0) is 16.0 Å². The highest BCUT2D eigenvalue weighted by Gasteiger charge is 2.21. The fourth-order valence-corrected chi connectivity index (χ4v) is 2.52. The first kappa shape index (κ1) is 14.5. The highest BCUT2D eigenvalue weighted by molar-refractivity contribution is 5.78. The summed E-state index contributed by atoms with van der Waals surface area (Å²) in [7, 11) is 0. The Morgan fingerprint density at radius 1 is 1.40 bits per heavy atom. The number of nitrogens with one attached hydrogen (secondary N) is 1. The Labute approximate surface area is 119 Å². The lowest BCUT2D eigenvalue weighted by Gasteiger charge is -2.28. The van der Waals surface area contributed by atoms with E-state index in [2.05, 4.69) is 18.3 Å². The Morgan fingerprint density at radius 3 is 2.65 bits per heavy atom. The maximum absolute atomic E-state index is 12.0. The monoisotopic (exact) mass is 272 g/mol. The highest BCUT2D eigenvalue weighted by Crippen LogP contribution is 2.18. The van der Waals surface area contributed by atoms with Crippen molar-refractivity contribution in [2.24, 2.45) is 5.92 Å². The lowest BCUT2D eigenvalue weighted by molar-refractivity contribution is -0.121. The largest absolute Gasteiger partial charge is 0.381 e. The summed E-state index contributed by atoms with van der Waals surface area (Å²) in [6, 6.07) is 9.40. The quantitative estimate of drug-likeness (QED) is 0.912. The van der Waals surface area contributed by atoms with E-state index in [4.69, 9.17) is 10.00 Å². The molecule has 4 nitrogen and oxygen atoms in total. The van der Waals surface area contributed by atoms with E-state index in [0.29, 0.717) is 17.9 Å². The minimum absolute atomic E-state index is 0.0358. The van der Waals surface area contributed by atoms with E-state index in [0.717, 1.165) is 31.6 Å². The number of ether oxygens (including phenoxy) is 1. The zero-order chi connectivity index (χ0) is 14.4. The topological polar surface area (TPSA) is 62.1 Å². The van der Waals surface area contributed by atoms with Gasteiger partial charge in [-0.05, 0) is 43.4 Å². The maximum atomic E-state index is 12.0. The summed E-state index contributed by atoms with van der Waals surface area (Å²) in [4.78, 5) is 12.0. The van der Waals surface area contributed by atoms with Gasteiger partial charge in [0.1, 0.15) is 0 Å². The Balaban J connectivity index is 1.83. The molecule has 0 radical (unpaired) electrons. The van der Waals surface area contributed by atoms with Crippen LogP contribution in [0, 0.1) is 17.2 Å². The molecular weight excluding hydrogens is 252 g/mol. The van der Waals surface area contributed by atoms with Gasteiger partial charge in [-0.3, -0.25) is 4.79 Å². The molecule has 0 saturated carbocycles. The number of carbonyl (C=O) groups excluding carboxylic acids is 1. The van der Waals surface area contributed by atoms with Gasteiger partial charge in [-0.2, -0.15) is 5.26 Å². The van der Waals surface area contributed by atoms with Crippen molar-refractivity contribution >= 4 is 5.91 Å². The second-order valence-electron chi connectivity index (χ2n) is 5.29. The third kappa shape index (κ3) is 4.07. The van der Waals surface area contributed by atoms with Crippen molar-refractivity contribution in [2.45, 2.75) is 32.2 Å². The van der Waals surface area contributed by atoms with E-state index in [9.17, 15) is 4.79 Å². The van der Waals surface area contributed by atoms with Crippen LogP contribution >= 0.6 is 0 Å². The molecule has 1 amide bonds. The van der Waals surface area contributed by atoms with E-state index in [1.54, 1.807) is 12.1 Å². The number of carbonyl (C=O) groups is 1. The minimum Gasteiger partial charge on any atom is -0.381 e. The van der Waals surface area contributed by atoms with Crippen molar-refractivity contribution in [3.63, 3.8) is 0 Å². The van der Waals surface area contributed by atoms with Crippen molar-refractivity contribution < 1.29 is 9.53 Å². The zero-order valence-corrected chi connectivity index (χ0v) is 11.8. The number of hydrogen-bond acceptors (Lipinski definition) is 3. The summed E-state index contributed by atoms with van der Waals surface area (Å²) >= 11 is 0. The molecule has 0 spiro atoms. The molecule has 106 valence electrons. The van der Waals surface area contributed by atoms with E-state index in [-0.39, 0.29) is 11.9 Å². The van der Waals surface area contributed by atoms with Crippen LogP contribution in [0.3, 0.4) is 0 Å². The molecule has 2 rings (SSSR count). The first-order valence-electron chi connectivity index (χ1n) is 7.05. The van der Waals surface area contributed by atoms with Crippen LogP contribution in [-0.4, -0.2) is 25.2 Å². The average Bonchev–Trinajstić information content (AvgIpc) is 2.49. The molecule has 20 heavy (non-hydrogen) atoms. The van der Waals surface area contributed by atoms with E-state index < -0.39 is 0 Å². The van der Waals surface area contributed by atoms with E-state index in [1.165, 1.54) is 0 Å². The molecule has 1 aromatic rings. The second-order valence-corrected chi connectivity index (χ2v) is 5.29. The Kier molecular flexibility index (Phi) is 5.14. The van der Waals surface area contributed by atoms with Crippen molar-refractivity contribution in [2.75, 3.05) is 13.2 Å². The maximum Gasteiger partial charge on any atom is 0.224 e. The van der Waals surface area contributed by atoms with Crippen LogP contribution in [0.2, 0.25) is 0 Å². The summed E-state index contributed by atoms with van der Waals surface area (Å²) in [5.74, 6) is 0.544. The lowest BCUT2D eigenvalue weighted by atomic mass is 9.93. The number of nitriles is 1. The van der Waals surface area contributed by atoms with Gasteiger partial charge in [0.25, 0.3) is 0 Å². The molecule has 1 saturated heterocycles. The summed E-state index contributed by atoms with van der Waals surface area (Å²) < 4.78 is 5.33. The molecule has 0 bridgehead atoms. The minimum atomic E-state index is 0.0358. The van der Waals surface area contributed by atoms with Gasteiger partial charge in [-0.15, -0.1) is 0 Å². The Bertz CT molecular complexity index is 484. The van der Waals surface area contributed by atoms with Gasteiger partial charge in [0.05, 0.1) is 18.1 Å². The van der Waals surface area contributed by atoms with Crippen LogP contribution in [0.1, 0.15) is 30.9 Å². The number of amides is 1. The van der Waals surface area contributed by atoms with Gasteiger partial charge in [0.2, 0.25) is 5.91 Å². The molecule has 1 heterocycles. The zero-order valence-electron chi connectivity index (χ0n) is 11.8. The number of nitrogens with zero attached hydrogens (tertiary/aromatic N) is 1.